The first-order chi connectivity index (χ1) is 15.5. The van der Waals surface area contributed by atoms with Gasteiger partial charge in [0, 0.05) is 3.57 Å². The van der Waals surface area contributed by atoms with Crippen molar-refractivity contribution in [1.29, 1.82) is 0 Å². The van der Waals surface area contributed by atoms with E-state index in [1.807, 2.05) is 37.3 Å². The maximum atomic E-state index is 12.3. The number of amides is 2. The largest absolute Gasteiger partial charge is 0.496 e. The zero-order valence-electron chi connectivity index (χ0n) is 17.6. The van der Waals surface area contributed by atoms with E-state index in [9.17, 15) is 9.59 Å². The Hall–Kier alpha value is -3.40. The molecule has 3 aromatic rings. The average molecular weight is 543 g/mol. The third-order valence-electron chi connectivity index (χ3n) is 4.38. The minimum Gasteiger partial charge on any atom is -0.496 e. The van der Waals surface area contributed by atoms with Crippen molar-refractivity contribution in [2.45, 2.75) is 6.92 Å². The minimum atomic E-state index is -0.364. The van der Waals surface area contributed by atoms with Gasteiger partial charge in [-0.1, -0.05) is 18.2 Å². The van der Waals surface area contributed by atoms with E-state index in [-0.39, 0.29) is 18.4 Å². The van der Waals surface area contributed by atoms with Gasteiger partial charge >= 0.3 is 0 Å². The van der Waals surface area contributed by atoms with Gasteiger partial charge in [0.25, 0.3) is 11.8 Å². The molecule has 8 heteroatoms. The van der Waals surface area contributed by atoms with Gasteiger partial charge in [-0.2, -0.15) is 5.10 Å². The number of para-hydroxylation sites is 1. The van der Waals surface area contributed by atoms with Crippen LogP contribution in [0.2, 0.25) is 0 Å². The summed E-state index contributed by atoms with van der Waals surface area (Å²) in [7, 11) is 1.52. The van der Waals surface area contributed by atoms with Crippen molar-refractivity contribution in [2.24, 2.45) is 5.10 Å². The monoisotopic (exact) mass is 543 g/mol. The molecule has 0 aliphatic carbocycles. The standard InChI is InChI=1S/C24H22IN3O4/c1-16-7-12-19(22(13-16)31-2)24(30)28-26-14-17-8-10-18(11-9-17)32-15-23(29)27-21-6-4-3-5-20(21)25/h3-14H,15H2,1-2H3,(H,27,29)(H,28,30)/b26-14-. The fraction of sp³-hybridized carbons (Fsp3) is 0.125. The van der Waals surface area contributed by atoms with E-state index in [1.165, 1.54) is 13.3 Å². The Balaban J connectivity index is 1.50. The van der Waals surface area contributed by atoms with Gasteiger partial charge in [0.2, 0.25) is 0 Å². The van der Waals surface area contributed by atoms with E-state index in [0.717, 1.165) is 20.4 Å². The van der Waals surface area contributed by atoms with Crippen LogP contribution in [0.15, 0.2) is 71.8 Å². The van der Waals surface area contributed by atoms with Crippen LogP contribution in [0.3, 0.4) is 0 Å². The Morgan fingerprint density at radius 2 is 1.81 bits per heavy atom. The Labute approximate surface area is 200 Å². The van der Waals surface area contributed by atoms with Gasteiger partial charge in [-0.25, -0.2) is 5.43 Å². The summed E-state index contributed by atoms with van der Waals surface area (Å²) >= 11 is 2.16. The van der Waals surface area contributed by atoms with E-state index in [4.69, 9.17) is 9.47 Å². The highest BCUT2D eigenvalue weighted by Crippen LogP contribution is 2.20. The Kier molecular flexibility index (Phi) is 8.20. The quantitative estimate of drug-likeness (QED) is 0.251. The number of carbonyl (C=O) groups is 2. The van der Waals surface area contributed by atoms with Crippen molar-refractivity contribution in [3.05, 3.63) is 87.0 Å². The number of aryl methyl sites for hydroxylation is 1. The summed E-state index contributed by atoms with van der Waals surface area (Å²) in [6.45, 7) is 1.82. The highest BCUT2D eigenvalue weighted by molar-refractivity contribution is 14.1. The van der Waals surface area contributed by atoms with Gasteiger partial charge in [-0.3, -0.25) is 9.59 Å². The smallest absolute Gasteiger partial charge is 0.275 e. The lowest BCUT2D eigenvalue weighted by Gasteiger charge is -2.09. The molecule has 3 aromatic carbocycles. The third kappa shape index (κ3) is 6.55. The van der Waals surface area contributed by atoms with Crippen LogP contribution in [-0.4, -0.2) is 31.7 Å². The molecule has 0 aromatic heterocycles. The SMILES string of the molecule is COc1cc(C)ccc1C(=O)N/N=C\c1ccc(OCC(=O)Nc2ccccc2I)cc1. The lowest BCUT2D eigenvalue weighted by molar-refractivity contribution is -0.118. The summed E-state index contributed by atoms with van der Waals surface area (Å²) in [6.07, 6.45) is 1.52. The van der Waals surface area contributed by atoms with E-state index >= 15 is 0 Å². The van der Waals surface area contributed by atoms with Gasteiger partial charge in [0.1, 0.15) is 11.5 Å². The fourth-order valence-electron chi connectivity index (χ4n) is 2.76. The molecule has 0 aliphatic rings. The molecule has 2 N–H and O–H groups in total. The van der Waals surface area contributed by atoms with Crippen LogP contribution in [-0.2, 0) is 4.79 Å². The maximum absolute atomic E-state index is 12.3. The van der Waals surface area contributed by atoms with Gasteiger partial charge in [0.15, 0.2) is 6.61 Å². The Morgan fingerprint density at radius 3 is 2.53 bits per heavy atom. The first-order valence-corrected chi connectivity index (χ1v) is 10.8. The van der Waals surface area contributed by atoms with E-state index in [0.29, 0.717) is 17.1 Å². The van der Waals surface area contributed by atoms with Crippen molar-refractivity contribution in [3.8, 4) is 11.5 Å². The predicted octanol–water partition coefficient (Wildman–Crippen LogP) is 4.39. The summed E-state index contributed by atoms with van der Waals surface area (Å²) in [6, 6.07) is 19.8. The molecule has 0 unspecified atom stereocenters. The molecule has 32 heavy (non-hydrogen) atoms. The van der Waals surface area contributed by atoms with Crippen molar-refractivity contribution < 1.29 is 19.1 Å². The highest BCUT2D eigenvalue weighted by Gasteiger charge is 2.11. The summed E-state index contributed by atoms with van der Waals surface area (Å²) in [5.74, 6) is 0.435. The number of halogens is 1. The Bertz CT molecular complexity index is 1130. The zero-order chi connectivity index (χ0) is 22.9. The molecular formula is C24H22IN3O4. The Morgan fingerprint density at radius 1 is 1.06 bits per heavy atom. The van der Waals surface area contributed by atoms with Crippen LogP contribution < -0.4 is 20.2 Å². The number of carbonyl (C=O) groups excluding carboxylic acids is 2. The van der Waals surface area contributed by atoms with Crippen LogP contribution in [0.4, 0.5) is 5.69 Å². The molecule has 3 rings (SSSR count). The second kappa shape index (κ2) is 11.3. The molecule has 2 amide bonds. The number of nitrogens with one attached hydrogen (secondary N) is 2. The molecular weight excluding hydrogens is 521 g/mol. The molecule has 0 spiro atoms. The first kappa shape index (κ1) is 23.3. The van der Waals surface area contributed by atoms with Crippen molar-refractivity contribution in [2.75, 3.05) is 19.0 Å². The molecule has 0 saturated carbocycles. The van der Waals surface area contributed by atoms with Crippen LogP contribution >= 0.6 is 22.6 Å². The second-order valence-corrected chi connectivity index (χ2v) is 7.95. The fourth-order valence-corrected chi connectivity index (χ4v) is 3.28. The number of nitrogens with zero attached hydrogens (tertiary/aromatic N) is 1. The number of hydrazone groups is 1. The lowest BCUT2D eigenvalue weighted by atomic mass is 10.1. The number of hydrogen-bond donors (Lipinski definition) is 2. The predicted molar refractivity (Wildman–Crippen MR) is 133 cm³/mol. The number of ether oxygens (including phenoxy) is 2. The summed E-state index contributed by atoms with van der Waals surface area (Å²) < 4.78 is 11.7. The minimum absolute atomic E-state index is 0.104. The van der Waals surface area contributed by atoms with Gasteiger partial charge < -0.3 is 14.8 Å². The van der Waals surface area contributed by atoms with Gasteiger partial charge in [-0.05, 0) is 89.2 Å². The lowest BCUT2D eigenvalue weighted by Crippen LogP contribution is -2.20. The molecule has 0 fully saturated rings. The highest BCUT2D eigenvalue weighted by atomic mass is 127. The maximum Gasteiger partial charge on any atom is 0.275 e. The molecule has 164 valence electrons. The normalized spacial score (nSPS) is 10.6. The van der Waals surface area contributed by atoms with Crippen LogP contribution in [0.5, 0.6) is 11.5 Å². The third-order valence-corrected chi connectivity index (χ3v) is 5.32. The van der Waals surface area contributed by atoms with Crippen LogP contribution in [0.1, 0.15) is 21.5 Å². The van der Waals surface area contributed by atoms with Crippen molar-refractivity contribution >= 4 is 46.3 Å². The molecule has 0 radical (unpaired) electrons. The van der Waals surface area contributed by atoms with Gasteiger partial charge in [0.05, 0.1) is 24.6 Å². The topological polar surface area (TPSA) is 89.0 Å². The summed E-state index contributed by atoms with van der Waals surface area (Å²) in [4.78, 5) is 24.4. The molecule has 0 aliphatic heterocycles. The number of anilines is 1. The number of benzene rings is 3. The summed E-state index contributed by atoms with van der Waals surface area (Å²) in [5, 5.41) is 6.80. The molecule has 7 nitrogen and oxygen atoms in total. The van der Waals surface area contributed by atoms with E-state index < -0.39 is 0 Å². The number of methoxy groups -OCH3 is 1. The van der Waals surface area contributed by atoms with E-state index in [1.54, 1.807) is 36.4 Å². The first-order valence-electron chi connectivity index (χ1n) is 9.71. The second-order valence-electron chi connectivity index (χ2n) is 6.79. The molecule has 0 bridgehead atoms. The van der Waals surface area contributed by atoms with E-state index in [2.05, 4.69) is 38.4 Å². The molecule has 0 heterocycles. The van der Waals surface area contributed by atoms with Crippen molar-refractivity contribution in [1.82, 2.24) is 5.43 Å². The number of hydrogen-bond acceptors (Lipinski definition) is 5. The number of rotatable bonds is 8. The molecule has 0 saturated heterocycles. The zero-order valence-corrected chi connectivity index (χ0v) is 19.8. The van der Waals surface area contributed by atoms with Gasteiger partial charge in [-0.15, -0.1) is 0 Å². The summed E-state index contributed by atoms with van der Waals surface area (Å²) in [5.41, 5.74) is 5.40. The van der Waals surface area contributed by atoms with Crippen LogP contribution in [0.25, 0.3) is 0 Å². The van der Waals surface area contributed by atoms with Crippen molar-refractivity contribution in [3.63, 3.8) is 0 Å². The molecule has 0 atom stereocenters. The van der Waals surface area contributed by atoms with Crippen LogP contribution in [0, 0.1) is 10.5 Å². The average Bonchev–Trinajstić information content (AvgIpc) is 2.80.